The second-order valence-electron chi connectivity index (χ2n) is 8.36. The summed E-state index contributed by atoms with van der Waals surface area (Å²) in [7, 11) is 0. The number of carboxylic acids is 1. The molecule has 0 saturated heterocycles. The highest BCUT2D eigenvalue weighted by Crippen LogP contribution is 2.07. The first-order valence-electron chi connectivity index (χ1n) is 11.1. The number of hydrogen-bond acceptors (Lipinski definition) is 8. The highest BCUT2D eigenvalue weighted by Gasteiger charge is 2.31. The largest absolute Gasteiger partial charge is 0.480 e. The fourth-order valence-electron chi connectivity index (χ4n) is 3.10. The van der Waals surface area contributed by atoms with E-state index in [9.17, 15) is 29.1 Å². The van der Waals surface area contributed by atoms with Gasteiger partial charge in [-0.3, -0.25) is 19.2 Å². The molecule has 0 aliphatic rings. The maximum absolute atomic E-state index is 13.0. The zero-order valence-corrected chi connectivity index (χ0v) is 20.9. The number of nitrogens with zero attached hydrogens (tertiary/aromatic N) is 1. The molecular weight excluding hydrogens is 478 g/mol. The minimum absolute atomic E-state index is 0.139. The summed E-state index contributed by atoms with van der Waals surface area (Å²) in [6.07, 6.45) is 4.91. The molecular formula is C21H35N7O6S. The van der Waals surface area contributed by atoms with Crippen molar-refractivity contribution in [1.82, 2.24) is 25.9 Å². The Morgan fingerprint density at radius 1 is 1.06 bits per heavy atom. The number of carboxylic acid groups (broad SMARTS) is 1. The Morgan fingerprint density at radius 2 is 1.66 bits per heavy atom. The molecule has 0 aromatic carbocycles. The Hall–Kier alpha value is -3.13. The van der Waals surface area contributed by atoms with Crippen molar-refractivity contribution >= 4 is 41.4 Å². The van der Waals surface area contributed by atoms with Crippen molar-refractivity contribution in [2.75, 3.05) is 12.0 Å². The number of carbonyl (C=O) groups is 5. The summed E-state index contributed by atoms with van der Waals surface area (Å²) >= 11 is 1.46. The van der Waals surface area contributed by atoms with Gasteiger partial charge in [0.25, 0.3) is 0 Å². The third-order valence-corrected chi connectivity index (χ3v) is 5.76. The van der Waals surface area contributed by atoms with Crippen molar-refractivity contribution < 1.29 is 29.1 Å². The van der Waals surface area contributed by atoms with Gasteiger partial charge in [0.2, 0.25) is 23.6 Å². The zero-order valence-electron chi connectivity index (χ0n) is 20.1. The summed E-state index contributed by atoms with van der Waals surface area (Å²) in [4.78, 5) is 67.9. The van der Waals surface area contributed by atoms with Crippen LogP contribution in [0.3, 0.4) is 0 Å². The highest BCUT2D eigenvalue weighted by atomic mass is 32.2. The van der Waals surface area contributed by atoms with Crippen molar-refractivity contribution in [3.8, 4) is 0 Å². The first kappa shape index (κ1) is 29.9. The van der Waals surface area contributed by atoms with Gasteiger partial charge in [-0.15, -0.1) is 0 Å². The van der Waals surface area contributed by atoms with Crippen molar-refractivity contribution in [3.63, 3.8) is 0 Å². The predicted molar refractivity (Wildman–Crippen MR) is 130 cm³/mol. The molecule has 196 valence electrons. The summed E-state index contributed by atoms with van der Waals surface area (Å²) < 4.78 is 0. The molecule has 4 unspecified atom stereocenters. The summed E-state index contributed by atoms with van der Waals surface area (Å²) in [6.45, 7) is 3.24. The van der Waals surface area contributed by atoms with Crippen LogP contribution in [0.1, 0.15) is 38.8 Å². The number of aromatic amines is 1. The molecule has 14 heteroatoms. The van der Waals surface area contributed by atoms with Gasteiger partial charge in [0.1, 0.15) is 18.1 Å². The Balaban J connectivity index is 2.95. The Kier molecular flexibility index (Phi) is 12.8. The summed E-state index contributed by atoms with van der Waals surface area (Å²) in [5, 5.41) is 16.9. The van der Waals surface area contributed by atoms with Gasteiger partial charge in [0.05, 0.1) is 12.4 Å². The molecule has 13 nitrogen and oxygen atoms in total. The zero-order chi connectivity index (χ0) is 26.5. The molecule has 0 aliphatic carbocycles. The van der Waals surface area contributed by atoms with Gasteiger partial charge in [0.15, 0.2) is 0 Å². The number of rotatable bonds is 16. The molecule has 1 rings (SSSR count). The lowest BCUT2D eigenvalue weighted by Crippen LogP contribution is -2.58. The summed E-state index contributed by atoms with van der Waals surface area (Å²) in [5.74, 6) is -3.81. The maximum atomic E-state index is 13.0. The number of H-pyrrole nitrogens is 1. The van der Waals surface area contributed by atoms with E-state index >= 15 is 0 Å². The summed E-state index contributed by atoms with van der Waals surface area (Å²) in [6, 6.07) is -4.38. The standard InChI is InChI=1S/C21H35N7O6S/c1-11(2)17(21(33)34)28-20(32)14(4-5-16(23)29)27-19(31)15(6-7-35-3)26-18(30)13(22)8-12-9-24-10-25-12/h9-11,13-15,17H,4-8,22H2,1-3H3,(H2,23,29)(H,24,25)(H,26,30)(H,27,31)(H,28,32)(H,33,34). The number of thioether (sulfide) groups is 1. The van der Waals surface area contributed by atoms with Crippen molar-refractivity contribution in [2.45, 2.75) is 63.7 Å². The topological polar surface area (TPSA) is 222 Å². The van der Waals surface area contributed by atoms with Crippen molar-refractivity contribution in [2.24, 2.45) is 17.4 Å². The lowest BCUT2D eigenvalue weighted by atomic mass is 10.0. The molecule has 0 saturated carbocycles. The molecule has 0 fully saturated rings. The van der Waals surface area contributed by atoms with Crippen molar-refractivity contribution in [3.05, 3.63) is 18.2 Å². The molecule has 9 N–H and O–H groups in total. The van der Waals surface area contributed by atoms with E-state index in [4.69, 9.17) is 11.5 Å². The Bertz CT molecular complexity index is 864. The van der Waals surface area contributed by atoms with E-state index in [1.165, 1.54) is 24.3 Å². The van der Waals surface area contributed by atoms with Gasteiger partial charge < -0.3 is 37.5 Å². The molecule has 0 aliphatic heterocycles. The van der Waals surface area contributed by atoms with E-state index < -0.39 is 59.7 Å². The van der Waals surface area contributed by atoms with Crippen LogP contribution in [0.5, 0.6) is 0 Å². The fraction of sp³-hybridized carbons (Fsp3) is 0.619. The first-order valence-corrected chi connectivity index (χ1v) is 12.5. The van der Waals surface area contributed by atoms with E-state index in [-0.39, 0.29) is 25.7 Å². The highest BCUT2D eigenvalue weighted by molar-refractivity contribution is 7.98. The Morgan fingerprint density at radius 3 is 2.17 bits per heavy atom. The summed E-state index contributed by atoms with van der Waals surface area (Å²) in [5.41, 5.74) is 11.8. The molecule has 0 bridgehead atoms. The van der Waals surface area contributed by atoms with Gasteiger partial charge in [-0.2, -0.15) is 11.8 Å². The molecule has 4 amide bonds. The van der Waals surface area contributed by atoms with Gasteiger partial charge in [-0.25, -0.2) is 9.78 Å². The molecule has 1 heterocycles. The van der Waals surface area contributed by atoms with Crippen LogP contribution in [0, 0.1) is 5.92 Å². The third kappa shape index (κ3) is 10.8. The van der Waals surface area contributed by atoms with Crippen LogP contribution < -0.4 is 27.4 Å². The van der Waals surface area contributed by atoms with Gasteiger partial charge in [-0.1, -0.05) is 13.8 Å². The second kappa shape index (κ2) is 15.0. The van der Waals surface area contributed by atoms with Gasteiger partial charge in [-0.05, 0) is 30.8 Å². The number of aromatic nitrogens is 2. The van der Waals surface area contributed by atoms with Gasteiger partial charge >= 0.3 is 5.97 Å². The van der Waals surface area contributed by atoms with Crippen LogP contribution in [0.4, 0.5) is 0 Å². The first-order chi connectivity index (χ1) is 16.5. The second-order valence-corrected chi connectivity index (χ2v) is 9.35. The molecule has 0 radical (unpaired) electrons. The van der Waals surface area contributed by atoms with Crippen LogP contribution in [0.15, 0.2) is 12.5 Å². The predicted octanol–water partition coefficient (Wildman–Crippen LogP) is -1.51. The maximum Gasteiger partial charge on any atom is 0.326 e. The van der Waals surface area contributed by atoms with E-state index in [1.807, 2.05) is 6.26 Å². The number of imidazole rings is 1. The number of carbonyl (C=O) groups excluding carboxylic acids is 4. The molecule has 0 spiro atoms. The lowest BCUT2D eigenvalue weighted by molar-refractivity contribution is -0.143. The van der Waals surface area contributed by atoms with E-state index in [0.29, 0.717) is 11.4 Å². The number of aliphatic carboxylic acids is 1. The van der Waals surface area contributed by atoms with E-state index in [2.05, 4.69) is 25.9 Å². The van der Waals surface area contributed by atoms with E-state index in [1.54, 1.807) is 13.8 Å². The molecule has 4 atom stereocenters. The number of nitrogens with one attached hydrogen (secondary N) is 4. The average Bonchev–Trinajstić information content (AvgIpc) is 3.29. The fourth-order valence-corrected chi connectivity index (χ4v) is 3.58. The van der Waals surface area contributed by atoms with Crippen LogP contribution >= 0.6 is 11.8 Å². The van der Waals surface area contributed by atoms with Gasteiger partial charge in [0, 0.05) is 24.7 Å². The Labute approximate surface area is 207 Å². The van der Waals surface area contributed by atoms with Crippen LogP contribution in [0.2, 0.25) is 0 Å². The third-order valence-electron chi connectivity index (χ3n) is 5.12. The average molecular weight is 514 g/mol. The van der Waals surface area contributed by atoms with Crippen LogP contribution in [0.25, 0.3) is 0 Å². The number of primary amides is 1. The van der Waals surface area contributed by atoms with Crippen molar-refractivity contribution in [1.29, 1.82) is 0 Å². The smallest absolute Gasteiger partial charge is 0.326 e. The molecule has 35 heavy (non-hydrogen) atoms. The van der Waals surface area contributed by atoms with Crippen LogP contribution in [-0.4, -0.2) is 80.8 Å². The monoisotopic (exact) mass is 513 g/mol. The molecule has 1 aromatic heterocycles. The van der Waals surface area contributed by atoms with E-state index in [0.717, 1.165) is 0 Å². The lowest BCUT2D eigenvalue weighted by Gasteiger charge is -2.26. The normalized spacial score (nSPS) is 14.4. The number of amides is 4. The quantitative estimate of drug-likeness (QED) is 0.136. The minimum Gasteiger partial charge on any atom is -0.480 e. The van der Waals surface area contributed by atoms with Crippen LogP contribution in [-0.2, 0) is 30.4 Å². The minimum atomic E-state index is -1.23. The number of hydrogen-bond donors (Lipinski definition) is 7. The molecule has 1 aromatic rings. The SMILES string of the molecule is CSCCC(NC(=O)C(N)Cc1cnc[nH]1)C(=O)NC(CCC(N)=O)C(=O)NC(C(=O)O)C(C)C. The number of nitrogens with two attached hydrogens (primary N) is 2.